The van der Waals surface area contributed by atoms with Crippen molar-refractivity contribution in [3.8, 4) is 0 Å². The summed E-state index contributed by atoms with van der Waals surface area (Å²) in [4.78, 5) is 27.5. The average molecular weight is 338 g/mol. The van der Waals surface area contributed by atoms with Gasteiger partial charge in [-0.05, 0) is 36.8 Å². The van der Waals surface area contributed by atoms with Crippen LogP contribution in [-0.4, -0.2) is 23.3 Å². The highest BCUT2D eigenvalue weighted by atomic mass is 35.5. The van der Waals surface area contributed by atoms with Gasteiger partial charge in [-0.3, -0.25) is 14.6 Å². The number of rotatable bonds is 4. The molecule has 114 valence electrons. The molecule has 0 aliphatic rings. The normalized spacial score (nSPS) is 10.1. The number of halogens is 2. The topological polar surface area (TPSA) is 71.1 Å². The minimum Gasteiger partial charge on any atom is -0.342 e. The number of aromatic nitrogens is 1. The number of nitrogens with one attached hydrogen (secondary N) is 2. The van der Waals surface area contributed by atoms with E-state index in [1.54, 1.807) is 18.2 Å². The molecule has 22 heavy (non-hydrogen) atoms. The lowest BCUT2D eigenvalue weighted by molar-refractivity contribution is -0.115. The highest BCUT2D eigenvalue weighted by molar-refractivity contribution is 6.33. The molecule has 1 aromatic carbocycles. The van der Waals surface area contributed by atoms with E-state index >= 15 is 0 Å². The van der Waals surface area contributed by atoms with Gasteiger partial charge in [-0.25, -0.2) is 0 Å². The molecule has 5 nitrogen and oxygen atoms in total. The van der Waals surface area contributed by atoms with Gasteiger partial charge in [0.25, 0.3) is 5.91 Å². The standard InChI is InChI=1S/C15H13Cl2N3O2/c1-9-2-3-12(11(17)6-9)20-14(21)8-19-15(22)13-7-10(16)4-5-18-13/h2-7H,8H2,1H3,(H,19,22)(H,20,21). The van der Waals surface area contributed by atoms with Crippen molar-refractivity contribution >= 4 is 40.7 Å². The Morgan fingerprint density at radius 1 is 1.18 bits per heavy atom. The summed E-state index contributed by atoms with van der Waals surface area (Å²) >= 11 is 11.8. The number of amides is 2. The molecule has 0 fully saturated rings. The lowest BCUT2D eigenvalue weighted by Crippen LogP contribution is -2.33. The Balaban J connectivity index is 1.91. The average Bonchev–Trinajstić information content (AvgIpc) is 2.47. The van der Waals surface area contributed by atoms with Crippen molar-refractivity contribution < 1.29 is 9.59 Å². The predicted molar refractivity (Wildman–Crippen MR) is 86.4 cm³/mol. The molecular formula is C15H13Cl2N3O2. The van der Waals surface area contributed by atoms with E-state index in [2.05, 4.69) is 15.6 Å². The molecule has 2 rings (SSSR count). The number of hydrogen-bond acceptors (Lipinski definition) is 3. The van der Waals surface area contributed by atoms with Crippen LogP contribution in [0.15, 0.2) is 36.5 Å². The minimum absolute atomic E-state index is 0.147. The molecule has 2 N–H and O–H groups in total. The van der Waals surface area contributed by atoms with E-state index in [1.165, 1.54) is 12.3 Å². The minimum atomic E-state index is -0.479. The molecule has 1 aromatic heterocycles. The van der Waals surface area contributed by atoms with E-state index in [1.807, 2.05) is 13.0 Å². The van der Waals surface area contributed by atoms with Gasteiger partial charge in [0.15, 0.2) is 0 Å². The Bertz CT molecular complexity index is 720. The molecule has 0 atom stereocenters. The van der Waals surface area contributed by atoms with Crippen molar-refractivity contribution in [2.45, 2.75) is 6.92 Å². The van der Waals surface area contributed by atoms with Gasteiger partial charge in [0.2, 0.25) is 5.91 Å². The largest absolute Gasteiger partial charge is 0.342 e. The van der Waals surface area contributed by atoms with E-state index in [0.717, 1.165) is 5.56 Å². The van der Waals surface area contributed by atoms with Crippen molar-refractivity contribution in [3.63, 3.8) is 0 Å². The first-order valence-corrected chi connectivity index (χ1v) is 7.17. The van der Waals surface area contributed by atoms with Gasteiger partial charge in [-0.2, -0.15) is 0 Å². The quantitative estimate of drug-likeness (QED) is 0.900. The summed E-state index contributed by atoms with van der Waals surface area (Å²) in [6.07, 6.45) is 1.42. The monoisotopic (exact) mass is 337 g/mol. The Morgan fingerprint density at radius 3 is 2.64 bits per heavy atom. The van der Waals surface area contributed by atoms with E-state index in [-0.39, 0.29) is 18.1 Å². The van der Waals surface area contributed by atoms with Crippen molar-refractivity contribution in [2.24, 2.45) is 0 Å². The summed E-state index contributed by atoms with van der Waals surface area (Å²) in [6.45, 7) is 1.70. The molecule has 0 aliphatic carbocycles. The molecule has 0 bridgehead atoms. The van der Waals surface area contributed by atoms with Crippen molar-refractivity contribution in [3.05, 3.63) is 57.8 Å². The molecule has 7 heteroatoms. The maximum absolute atomic E-state index is 11.8. The first-order valence-electron chi connectivity index (χ1n) is 6.41. The Morgan fingerprint density at radius 2 is 1.95 bits per heavy atom. The van der Waals surface area contributed by atoms with Crippen molar-refractivity contribution in [1.82, 2.24) is 10.3 Å². The maximum atomic E-state index is 11.8. The third-order valence-electron chi connectivity index (χ3n) is 2.76. The van der Waals surface area contributed by atoms with Crippen LogP contribution in [0.3, 0.4) is 0 Å². The molecule has 1 heterocycles. The van der Waals surface area contributed by atoms with Gasteiger partial charge in [0, 0.05) is 11.2 Å². The number of anilines is 1. The summed E-state index contributed by atoms with van der Waals surface area (Å²) in [5.74, 6) is -0.867. The molecule has 2 amide bonds. The predicted octanol–water partition coefficient (Wildman–Crippen LogP) is 3.07. The van der Waals surface area contributed by atoms with Gasteiger partial charge in [0.05, 0.1) is 17.3 Å². The van der Waals surface area contributed by atoms with Crippen LogP contribution in [0, 0.1) is 6.92 Å². The summed E-state index contributed by atoms with van der Waals surface area (Å²) in [5, 5.41) is 5.93. The molecule has 0 aliphatic heterocycles. The number of pyridine rings is 1. The fourth-order valence-corrected chi connectivity index (χ4v) is 2.14. The van der Waals surface area contributed by atoms with E-state index in [9.17, 15) is 9.59 Å². The van der Waals surface area contributed by atoms with E-state index in [0.29, 0.717) is 15.7 Å². The highest BCUT2D eigenvalue weighted by Crippen LogP contribution is 2.22. The molecule has 0 unspecified atom stereocenters. The van der Waals surface area contributed by atoms with Crippen LogP contribution in [0.2, 0.25) is 10.0 Å². The second kappa shape index (κ2) is 7.24. The zero-order valence-electron chi connectivity index (χ0n) is 11.7. The van der Waals surface area contributed by atoms with Crippen molar-refractivity contribution in [1.29, 1.82) is 0 Å². The zero-order chi connectivity index (χ0) is 16.1. The fourth-order valence-electron chi connectivity index (χ4n) is 1.70. The first-order chi connectivity index (χ1) is 10.5. The molecule has 0 saturated carbocycles. The van der Waals surface area contributed by atoms with Crippen LogP contribution >= 0.6 is 23.2 Å². The Kier molecular flexibility index (Phi) is 5.35. The van der Waals surface area contributed by atoms with Crippen LogP contribution in [-0.2, 0) is 4.79 Å². The summed E-state index contributed by atoms with van der Waals surface area (Å²) < 4.78 is 0. The van der Waals surface area contributed by atoms with Crippen molar-refractivity contribution in [2.75, 3.05) is 11.9 Å². The van der Waals surface area contributed by atoms with Crippen LogP contribution in [0.5, 0.6) is 0 Å². The zero-order valence-corrected chi connectivity index (χ0v) is 13.2. The smallest absolute Gasteiger partial charge is 0.270 e. The molecule has 0 spiro atoms. The van der Waals surface area contributed by atoms with Gasteiger partial charge < -0.3 is 10.6 Å². The lowest BCUT2D eigenvalue weighted by atomic mass is 10.2. The lowest BCUT2D eigenvalue weighted by Gasteiger charge is -2.09. The van der Waals surface area contributed by atoms with Crippen LogP contribution < -0.4 is 10.6 Å². The first kappa shape index (κ1) is 16.3. The number of carbonyl (C=O) groups is 2. The molecule has 0 radical (unpaired) electrons. The van der Waals surface area contributed by atoms with Crippen LogP contribution in [0.1, 0.15) is 16.1 Å². The third kappa shape index (κ3) is 4.44. The second-order valence-corrected chi connectivity index (χ2v) is 5.42. The van der Waals surface area contributed by atoms with Gasteiger partial charge in [-0.15, -0.1) is 0 Å². The summed E-state index contributed by atoms with van der Waals surface area (Å²) in [7, 11) is 0. The van der Waals surface area contributed by atoms with Crippen LogP contribution in [0.4, 0.5) is 5.69 Å². The highest BCUT2D eigenvalue weighted by Gasteiger charge is 2.11. The number of benzene rings is 1. The van der Waals surface area contributed by atoms with Gasteiger partial charge >= 0.3 is 0 Å². The summed E-state index contributed by atoms with van der Waals surface area (Å²) in [5.41, 5.74) is 1.63. The number of aryl methyl sites for hydroxylation is 1. The second-order valence-electron chi connectivity index (χ2n) is 4.57. The van der Waals surface area contributed by atoms with E-state index < -0.39 is 5.91 Å². The van der Waals surface area contributed by atoms with E-state index in [4.69, 9.17) is 23.2 Å². The molecule has 0 saturated heterocycles. The molecule has 2 aromatic rings. The van der Waals surface area contributed by atoms with Crippen LogP contribution in [0.25, 0.3) is 0 Å². The Labute approximate surface area is 137 Å². The summed E-state index contributed by atoms with van der Waals surface area (Å²) in [6, 6.07) is 8.26. The molecular weight excluding hydrogens is 325 g/mol. The number of nitrogens with zero attached hydrogens (tertiary/aromatic N) is 1. The van der Waals surface area contributed by atoms with Gasteiger partial charge in [-0.1, -0.05) is 29.3 Å². The Hall–Kier alpha value is -2.11. The maximum Gasteiger partial charge on any atom is 0.270 e. The third-order valence-corrected chi connectivity index (χ3v) is 3.31. The SMILES string of the molecule is Cc1ccc(NC(=O)CNC(=O)c2cc(Cl)ccn2)c(Cl)c1. The van der Waals surface area contributed by atoms with Gasteiger partial charge in [0.1, 0.15) is 5.69 Å². The number of hydrogen-bond donors (Lipinski definition) is 2. The fraction of sp³-hybridized carbons (Fsp3) is 0.133. The number of carbonyl (C=O) groups excluding carboxylic acids is 2.